The molecule has 0 spiro atoms. The maximum atomic E-state index is 10.6. The Morgan fingerprint density at radius 3 is 2.55 bits per heavy atom. The van der Waals surface area contributed by atoms with Crippen molar-refractivity contribution < 1.29 is 9.90 Å². The lowest BCUT2D eigenvalue weighted by molar-refractivity contribution is 0.0998. The van der Waals surface area contributed by atoms with Gasteiger partial charge in [-0.05, 0) is 12.1 Å². The van der Waals surface area contributed by atoms with E-state index in [0.717, 1.165) is 0 Å². The summed E-state index contributed by atoms with van der Waals surface area (Å²) in [5.41, 5.74) is 10.4. The summed E-state index contributed by atoms with van der Waals surface area (Å²) >= 11 is 0. The van der Waals surface area contributed by atoms with Crippen LogP contribution in [-0.2, 0) is 0 Å². The van der Waals surface area contributed by atoms with Gasteiger partial charge in [0.25, 0.3) is 5.91 Å². The molecule has 0 saturated heterocycles. The Kier molecular flexibility index (Phi) is 1.68. The number of phenols is 1. The van der Waals surface area contributed by atoms with Crippen molar-refractivity contribution in [1.82, 2.24) is 0 Å². The number of amides is 1. The molecule has 0 atom stereocenters. The molecule has 0 fully saturated rings. The van der Waals surface area contributed by atoms with E-state index < -0.39 is 5.91 Å². The number of para-hydroxylation sites is 1. The highest BCUT2D eigenvalue weighted by Crippen LogP contribution is 2.23. The Labute approximate surface area is 63.4 Å². The molecule has 0 radical (unpaired) electrons. The normalized spacial score (nSPS) is 9.45. The molecule has 1 aromatic rings. The van der Waals surface area contributed by atoms with E-state index >= 15 is 0 Å². The maximum absolute atomic E-state index is 10.6. The molecule has 0 heterocycles. The number of carbonyl (C=O) groups is 1. The van der Waals surface area contributed by atoms with Crippen LogP contribution in [0.15, 0.2) is 18.2 Å². The zero-order chi connectivity index (χ0) is 8.43. The van der Waals surface area contributed by atoms with E-state index in [4.69, 9.17) is 16.6 Å². The van der Waals surface area contributed by atoms with Crippen molar-refractivity contribution in [1.29, 1.82) is 0 Å². The van der Waals surface area contributed by atoms with Crippen molar-refractivity contribution in [3.05, 3.63) is 23.8 Å². The topological polar surface area (TPSA) is 89.3 Å². The molecule has 1 aromatic carbocycles. The Hall–Kier alpha value is -1.71. The van der Waals surface area contributed by atoms with Gasteiger partial charge in [-0.25, -0.2) is 0 Å². The minimum absolute atomic E-state index is 0.0463. The first kappa shape index (κ1) is 7.40. The summed E-state index contributed by atoms with van der Waals surface area (Å²) < 4.78 is 0. The van der Waals surface area contributed by atoms with Gasteiger partial charge in [-0.15, -0.1) is 0 Å². The molecule has 0 aliphatic carbocycles. The van der Waals surface area contributed by atoms with Gasteiger partial charge in [-0.3, -0.25) is 4.79 Å². The molecule has 58 valence electrons. The number of primary amides is 1. The first-order valence-corrected chi connectivity index (χ1v) is 3.00. The predicted octanol–water partition coefficient (Wildman–Crippen LogP) is 0.0733. The Balaban J connectivity index is 3.27. The van der Waals surface area contributed by atoms with E-state index in [1.54, 1.807) is 6.07 Å². The molecule has 0 aliphatic heterocycles. The lowest BCUT2D eigenvalue weighted by Crippen LogP contribution is -2.11. The molecule has 0 bridgehead atoms. The summed E-state index contributed by atoms with van der Waals surface area (Å²) in [6, 6.07) is 4.45. The van der Waals surface area contributed by atoms with Gasteiger partial charge < -0.3 is 16.6 Å². The molecule has 0 saturated carbocycles. The molecular weight excluding hydrogens is 144 g/mol. The first-order valence-electron chi connectivity index (χ1n) is 3.00. The summed E-state index contributed by atoms with van der Waals surface area (Å²) in [6.07, 6.45) is 0. The fourth-order valence-corrected chi connectivity index (χ4v) is 0.760. The lowest BCUT2D eigenvalue weighted by atomic mass is 10.1. The third kappa shape index (κ3) is 1.24. The molecule has 0 unspecified atom stereocenters. The van der Waals surface area contributed by atoms with Crippen LogP contribution < -0.4 is 11.5 Å². The van der Waals surface area contributed by atoms with E-state index in [9.17, 15) is 4.79 Å². The lowest BCUT2D eigenvalue weighted by Gasteiger charge is -2.01. The number of anilines is 1. The monoisotopic (exact) mass is 152 g/mol. The Bertz CT molecular complexity index is 296. The van der Waals surface area contributed by atoms with Crippen molar-refractivity contribution in [2.75, 3.05) is 5.73 Å². The average Bonchev–Trinajstić information content (AvgIpc) is 1.94. The zero-order valence-electron chi connectivity index (χ0n) is 5.74. The standard InChI is InChI=1S/C7H8N2O2/c8-5-3-1-2-4(6(5)10)7(9)11/h1-3,10H,8H2,(H2,9,11). The van der Waals surface area contributed by atoms with Gasteiger partial charge in [0, 0.05) is 0 Å². The van der Waals surface area contributed by atoms with Gasteiger partial charge in [0.2, 0.25) is 0 Å². The van der Waals surface area contributed by atoms with Gasteiger partial charge in [-0.1, -0.05) is 6.07 Å². The quantitative estimate of drug-likeness (QED) is 0.393. The van der Waals surface area contributed by atoms with Crippen LogP contribution in [0.1, 0.15) is 10.4 Å². The number of hydrogen-bond donors (Lipinski definition) is 3. The zero-order valence-corrected chi connectivity index (χ0v) is 5.74. The smallest absolute Gasteiger partial charge is 0.252 e. The molecule has 1 rings (SSSR count). The van der Waals surface area contributed by atoms with Crippen LogP contribution in [0, 0.1) is 0 Å². The van der Waals surface area contributed by atoms with E-state index in [0.29, 0.717) is 0 Å². The summed E-state index contributed by atoms with van der Waals surface area (Å²) in [4.78, 5) is 10.6. The van der Waals surface area contributed by atoms with Crippen molar-refractivity contribution in [2.24, 2.45) is 5.73 Å². The van der Waals surface area contributed by atoms with Crippen molar-refractivity contribution in [3.8, 4) is 5.75 Å². The maximum Gasteiger partial charge on any atom is 0.252 e. The Morgan fingerprint density at radius 1 is 1.45 bits per heavy atom. The second kappa shape index (κ2) is 2.49. The van der Waals surface area contributed by atoms with Crippen molar-refractivity contribution >= 4 is 11.6 Å². The summed E-state index contributed by atoms with van der Waals surface area (Å²) in [6.45, 7) is 0. The minimum Gasteiger partial charge on any atom is -0.505 e. The third-order valence-electron chi connectivity index (χ3n) is 1.33. The van der Waals surface area contributed by atoms with Crippen LogP contribution in [0.4, 0.5) is 5.69 Å². The number of rotatable bonds is 1. The summed E-state index contributed by atoms with van der Waals surface area (Å²) in [7, 11) is 0. The molecular formula is C7H8N2O2. The minimum atomic E-state index is -0.685. The summed E-state index contributed by atoms with van der Waals surface area (Å²) in [5.74, 6) is -0.935. The van der Waals surface area contributed by atoms with Crippen LogP contribution in [-0.4, -0.2) is 11.0 Å². The number of nitrogen functional groups attached to an aromatic ring is 1. The van der Waals surface area contributed by atoms with Crippen LogP contribution in [0.2, 0.25) is 0 Å². The summed E-state index contributed by atoms with van der Waals surface area (Å²) in [5, 5.41) is 9.14. The third-order valence-corrected chi connectivity index (χ3v) is 1.33. The largest absolute Gasteiger partial charge is 0.505 e. The van der Waals surface area contributed by atoms with E-state index in [-0.39, 0.29) is 17.0 Å². The van der Waals surface area contributed by atoms with Crippen LogP contribution in [0.25, 0.3) is 0 Å². The van der Waals surface area contributed by atoms with Crippen LogP contribution in [0.5, 0.6) is 5.75 Å². The first-order chi connectivity index (χ1) is 5.13. The highest BCUT2D eigenvalue weighted by Gasteiger charge is 2.07. The van der Waals surface area contributed by atoms with E-state index in [2.05, 4.69) is 0 Å². The van der Waals surface area contributed by atoms with E-state index in [1.165, 1.54) is 12.1 Å². The van der Waals surface area contributed by atoms with Crippen molar-refractivity contribution in [2.45, 2.75) is 0 Å². The predicted molar refractivity (Wildman–Crippen MR) is 41.0 cm³/mol. The molecule has 4 heteroatoms. The van der Waals surface area contributed by atoms with E-state index in [1.807, 2.05) is 0 Å². The number of nitrogens with two attached hydrogens (primary N) is 2. The van der Waals surface area contributed by atoms with Gasteiger partial charge in [-0.2, -0.15) is 0 Å². The second-order valence-electron chi connectivity index (χ2n) is 2.11. The van der Waals surface area contributed by atoms with Crippen LogP contribution >= 0.6 is 0 Å². The highest BCUT2D eigenvalue weighted by atomic mass is 16.3. The van der Waals surface area contributed by atoms with Crippen LogP contribution in [0.3, 0.4) is 0 Å². The van der Waals surface area contributed by atoms with Gasteiger partial charge >= 0.3 is 0 Å². The molecule has 4 nitrogen and oxygen atoms in total. The molecule has 5 N–H and O–H groups in total. The SMILES string of the molecule is NC(=O)c1cccc(N)c1O. The fraction of sp³-hybridized carbons (Fsp3) is 0. The fourth-order valence-electron chi connectivity index (χ4n) is 0.760. The van der Waals surface area contributed by atoms with Gasteiger partial charge in [0.15, 0.2) is 5.75 Å². The number of aromatic hydroxyl groups is 1. The number of benzene rings is 1. The van der Waals surface area contributed by atoms with Gasteiger partial charge in [0.1, 0.15) is 0 Å². The molecule has 11 heavy (non-hydrogen) atoms. The molecule has 0 aromatic heterocycles. The van der Waals surface area contributed by atoms with Gasteiger partial charge in [0.05, 0.1) is 11.3 Å². The number of carbonyl (C=O) groups excluding carboxylic acids is 1. The highest BCUT2D eigenvalue weighted by molar-refractivity contribution is 5.97. The van der Waals surface area contributed by atoms with Crippen molar-refractivity contribution in [3.63, 3.8) is 0 Å². The molecule has 1 amide bonds. The number of hydrogen-bond acceptors (Lipinski definition) is 3. The average molecular weight is 152 g/mol. The molecule has 0 aliphatic rings. The Morgan fingerprint density at radius 2 is 2.09 bits per heavy atom. The second-order valence-corrected chi connectivity index (χ2v) is 2.11.